The minimum absolute atomic E-state index is 0.481. The van der Waals surface area contributed by atoms with Crippen LogP contribution in [-0.2, 0) is 9.53 Å². The van der Waals surface area contributed by atoms with Crippen molar-refractivity contribution in [3.63, 3.8) is 0 Å². The fraction of sp³-hybridized carbons (Fsp3) is 0.263. The van der Waals surface area contributed by atoms with Crippen molar-refractivity contribution in [2.75, 3.05) is 0 Å². The molecule has 24 heavy (non-hydrogen) atoms. The van der Waals surface area contributed by atoms with Gasteiger partial charge in [0.25, 0.3) is 0 Å². The maximum atomic E-state index is 11.9. The lowest BCUT2D eigenvalue weighted by Crippen LogP contribution is -2.38. The largest absolute Gasteiger partial charge is 0.479 e. The number of carboxylic acids is 1. The topological polar surface area (TPSA) is 75.6 Å². The molecule has 5 nitrogen and oxygen atoms in total. The molecule has 0 saturated heterocycles. The molecule has 1 amide bonds. The average molecular weight is 327 g/mol. The zero-order valence-electron chi connectivity index (χ0n) is 13.9. The third-order valence-electron chi connectivity index (χ3n) is 3.24. The minimum atomic E-state index is -1.18. The summed E-state index contributed by atoms with van der Waals surface area (Å²) in [5.41, 5.74) is 1.64. The molecule has 0 radical (unpaired) electrons. The second-order valence-electron chi connectivity index (χ2n) is 6.41. The molecular weight excluding hydrogens is 306 g/mol. The molecule has 0 fully saturated rings. The van der Waals surface area contributed by atoms with Crippen LogP contribution in [0.2, 0.25) is 0 Å². The van der Waals surface area contributed by atoms with Crippen LogP contribution in [0.25, 0.3) is 11.1 Å². The number of rotatable bonds is 4. The highest BCUT2D eigenvalue weighted by Crippen LogP contribution is 2.23. The number of amides is 1. The van der Waals surface area contributed by atoms with Crippen molar-refractivity contribution in [1.29, 1.82) is 0 Å². The lowest BCUT2D eigenvalue weighted by atomic mass is 9.99. The summed E-state index contributed by atoms with van der Waals surface area (Å²) in [6.07, 6.45) is -0.764. The van der Waals surface area contributed by atoms with Crippen molar-refractivity contribution in [1.82, 2.24) is 5.32 Å². The van der Waals surface area contributed by atoms with Crippen molar-refractivity contribution < 1.29 is 19.4 Å². The summed E-state index contributed by atoms with van der Waals surface area (Å²) in [7, 11) is 0. The summed E-state index contributed by atoms with van der Waals surface area (Å²) in [5.74, 6) is -1.15. The summed E-state index contributed by atoms with van der Waals surface area (Å²) in [6, 6.07) is 15.5. The van der Waals surface area contributed by atoms with Crippen molar-refractivity contribution in [3.8, 4) is 11.1 Å². The molecule has 2 N–H and O–H groups in total. The van der Waals surface area contributed by atoms with Gasteiger partial charge in [-0.25, -0.2) is 9.59 Å². The van der Waals surface area contributed by atoms with E-state index in [4.69, 9.17) is 4.74 Å². The van der Waals surface area contributed by atoms with E-state index in [1.54, 1.807) is 39.0 Å². The van der Waals surface area contributed by atoms with Gasteiger partial charge >= 0.3 is 12.1 Å². The molecule has 0 unspecified atom stereocenters. The van der Waals surface area contributed by atoms with E-state index < -0.39 is 23.7 Å². The van der Waals surface area contributed by atoms with E-state index in [2.05, 4.69) is 5.32 Å². The Morgan fingerprint density at radius 2 is 1.62 bits per heavy atom. The van der Waals surface area contributed by atoms with E-state index in [1.165, 1.54) is 0 Å². The molecule has 2 rings (SSSR count). The quantitative estimate of drug-likeness (QED) is 0.890. The predicted octanol–water partition coefficient (Wildman–Crippen LogP) is 4.00. The van der Waals surface area contributed by atoms with Crippen LogP contribution in [0.1, 0.15) is 32.4 Å². The van der Waals surface area contributed by atoms with Crippen LogP contribution < -0.4 is 5.32 Å². The van der Waals surface area contributed by atoms with Gasteiger partial charge in [-0.15, -0.1) is 0 Å². The number of aliphatic carboxylic acids is 1. The molecule has 0 spiro atoms. The molecule has 0 saturated carbocycles. The standard InChI is InChI=1S/C19H21NO4/c1-19(2,3)24-18(23)20-16(17(21)22)15-11-7-10-14(12-15)13-8-5-4-6-9-13/h4-12,16H,1-3H3,(H,20,23)(H,21,22)/t16-/m1/s1. The van der Waals surface area contributed by atoms with E-state index in [9.17, 15) is 14.7 Å². The molecule has 2 aromatic carbocycles. The average Bonchev–Trinajstić information content (AvgIpc) is 2.52. The summed E-state index contributed by atoms with van der Waals surface area (Å²) in [4.78, 5) is 23.5. The summed E-state index contributed by atoms with van der Waals surface area (Å²) < 4.78 is 5.14. The summed E-state index contributed by atoms with van der Waals surface area (Å²) >= 11 is 0. The maximum Gasteiger partial charge on any atom is 0.408 e. The zero-order chi connectivity index (χ0) is 17.7. The van der Waals surface area contributed by atoms with E-state index in [0.29, 0.717) is 5.56 Å². The molecule has 5 heteroatoms. The second-order valence-corrected chi connectivity index (χ2v) is 6.41. The molecule has 0 aliphatic carbocycles. The van der Waals surface area contributed by atoms with Crippen LogP contribution in [0.15, 0.2) is 54.6 Å². The second kappa shape index (κ2) is 7.17. The third-order valence-corrected chi connectivity index (χ3v) is 3.24. The molecule has 0 aliphatic heterocycles. The van der Waals surface area contributed by atoms with E-state index in [-0.39, 0.29) is 0 Å². The van der Waals surface area contributed by atoms with E-state index in [0.717, 1.165) is 11.1 Å². The molecule has 0 bridgehead atoms. The summed E-state index contributed by atoms with van der Waals surface area (Å²) in [6.45, 7) is 5.16. The van der Waals surface area contributed by atoms with Crippen LogP contribution in [0.4, 0.5) is 4.79 Å². The van der Waals surface area contributed by atoms with Gasteiger partial charge in [0, 0.05) is 0 Å². The van der Waals surface area contributed by atoms with Gasteiger partial charge in [0.1, 0.15) is 5.60 Å². The third kappa shape index (κ3) is 4.84. The number of nitrogens with one attached hydrogen (secondary N) is 1. The molecule has 1 atom stereocenters. The maximum absolute atomic E-state index is 11.9. The SMILES string of the molecule is CC(C)(C)OC(=O)N[C@@H](C(=O)O)c1cccc(-c2ccccc2)c1. The first-order valence-electron chi connectivity index (χ1n) is 7.64. The smallest absolute Gasteiger partial charge is 0.408 e. The Kier molecular flexibility index (Phi) is 5.24. The van der Waals surface area contributed by atoms with Crippen LogP contribution in [-0.4, -0.2) is 22.8 Å². The minimum Gasteiger partial charge on any atom is -0.479 e. The molecule has 0 heterocycles. The van der Waals surface area contributed by atoms with Gasteiger partial charge in [-0.05, 0) is 43.5 Å². The number of carbonyl (C=O) groups is 2. The van der Waals surface area contributed by atoms with Crippen molar-refractivity contribution in [2.45, 2.75) is 32.4 Å². The van der Waals surface area contributed by atoms with Gasteiger partial charge in [-0.2, -0.15) is 0 Å². The Bertz CT molecular complexity index is 720. The van der Waals surface area contributed by atoms with Gasteiger partial charge in [0.15, 0.2) is 6.04 Å². The van der Waals surface area contributed by atoms with Crippen LogP contribution in [0.5, 0.6) is 0 Å². The Hall–Kier alpha value is -2.82. The predicted molar refractivity (Wildman–Crippen MR) is 91.6 cm³/mol. The fourth-order valence-electron chi connectivity index (χ4n) is 2.24. The highest BCUT2D eigenvalue weighted by Gasteiger charge is 2.25. The van der Waals surface area contributed by atoms with Crippen LogP contribution in [0, 0.1) is 0 Å². The number of hydrogen-bond donors (Lipinski definition) is 2. The number of carboxylic acid groups (broad SMARTS) is 1. The number of hydrogen-bond acceptors (Lipinski definition) is 3. The first-order valence-corrected chi connectivity index (χ1v) is 7.64. The monoisotopic (exact) mass is 327 g/mol. The highest BCUT2D eigenvalue weighted by molar-refractivity contribution is 5.82. The molecule has 0 aliphatic rings. The molecular formula is C19H21NO4. The number of benzene rings is 2. The van der Waals surface area contributed by atoms with Gasteiger partial charge in [0.2, 0.25) is 0 Å². The Morgan fingerprint density at radius 1 is 1.00 bits per heavy atom. The van der Waals surface area contributed by atoms with Crippen LogP contribution in [0.3, 0.4) is 0 Å². The van der Waals surface area contributed by atoms with Crippen LogP contribution >= 0.6 is 0 Å². The Labute approximate surface area is 141 Å². The first kappa shape index (κ1) is 17.5. The van der Waals surface area contributed by atoms with E-state index >= 15 is 0 Å². The first-order chi connectivity index (χ1) is 11.3. The van der Waals surface area contributed by atoms with Gasteiger partial charge in [-0.1, -0.05) is 48.5 Å². The molecule has 2 aromatic rings. The van der Waals surface area contributed by atoms with E-state index in [1.807, 2.05) is 36.4 Å². The summed E-state index contributed by atoms with van der Waals surface area (Å²) in [5, 5.41) is 11.9. The van der Waals surface area contributed by atoms with Gasteiger partial charge in [-0.3, -0.25) is 0 Å². The Balaban J connectivity index is 2.26. The number of carbonyl (C=O) groups excluding carboxylic acids is 1. The van der Waals surface area contributed by atoms with Gasteiger partial charge in [0.05, 0.1) is 0 Å². The lowest BCUT2D eigenvalue weighted by Gasteiger charge is -2.22. The number of alkyl carbamates (subject to hydrolysis) is 1. The number of ether oxygens (including phenoxy) is 1. The Morgan fingerprint density at radius 3 is 2.21 bits per heavy atom. The normalized spacial score (nSPS) is 12.3. The zero-order valence-corrected chi connectivity index (χ0v) is 13.9. The lowest BCUT2D eigenvalue weighted by molar-refractivity contribution is -0.139. The molecule has 126 valence electrons. The molecule has 0 aromatic heterocycles. The highest BCUT2D eigenvalue weighted by atomic mass is 16.6. The van der Waals surface area contributed by atoms with Gasteiger partial charge < -0.3 is 15.2 Å². The van der Waals surface area contributed by atoms with Crippen molar-refractivity contribution in [2.24, 2.45) is 0 Å². The van der Waals surface area contributed by atoms with Crippen molar-refractivity contribution >= 4 is 12.1 Å². The fourth-order valence-corrected chi connectivity index (χ4v) is 2.24. The van der Waals surface area contributed by atoms with Crippen molar-refractivity contribution in [3.05, 3.63) is 60.2 Å².